The molecule has 1 heterocycles. The summed E-state index contributed by atoms with van der Waals surface area (Å²) in [5.74, 6) is -1.72. The summed E-state index contributed by atoms with van der Waals surface area (Å²) in [6.07, 6.45) is 0.981. The summed E-state index contributed by atoms with van der Waals surface area (Å²) in [6.45, 7) is 3.70. The minimum absolute atomic E-state index is 0.233. The van der Waals surface area contributed by atoms with Crippen molar-refractivity contribution in [2.75, 3.05) is 25.0 Å². The molecular weight excluding hydrogens is 264 g/mol. The number of benzene rings is 1. The fourth-order valence-electron chi connectivity index (χ4n) is 2.57. The summed E-state index contributed by atoms with van der Waals surface area (Å²) in [7, 11) is 0. The highest BCUT2D eigenvalue weighted by Crippen LogP contribution is 2.21. The topological polar surface area (TPSA) is 58.4 Å². The average molecular weight is 283 g/mol. The van der Waals surface area contributed by atoms with Gasteiger partial charge in [0.15, 0.2) is 11.6 Å². The maximum atomic E-state index is 13.0. The first kappa shape index (κ1) is 14.9. The van der Waals surface area contributed by atoms with E-state index in [-0.39, 0.29) is 18.1 Å². The van der Waals surface area contributed by atoms with E-state index in [0.29, 0.717) is 18.5 Å². The zero-order valence-electron chi connectivity index (χ0n) is 11.4. The van der Waals surface area contributed by atoms with E-state index in [9.17, 15) is 13.6 Å². The molecule has 2 atom stereocenters. The van der Waals surface area contributed by atoms with Crippen molar-refractivity contribution in [1.82, 2.24) is 4.90 Å². The van der Waals surface area contributed by atoms with E-state index < -0.39 is 11.6 Å². The molecule has 0 saturated carbocycles. The number of hydrogen-bond acceptors (Lipinski definition) is 3. The molecule has 1 aliphatic heterocycles. The zero-order valence-corrected chi connectivity index (χ0v) is 11.4. The maximum Gasteiger partial charge on any atom is 0.238 e. The van der Waals surface area contributed by atoms with E-state index in [1.807, 2.05) is 4.90 Å². The second-order valence-corrected chi connectivity index (χ2v) is 5.29. The summed E-state index contributed by atoms with van der Waals surface area (Å²) in [5, 5.41) is 2.57. The standard InChI is InChI=1S/C14H19F2N3O/c1-9-4-10(6-17)7-19(9)8-14(20)18-11-2-3-12(15)13(16)5-11/h2-3,5,9-10H,4,6-8,17H2,1H3,(H,18,20). The third-order valence-electron chi connectivity index (χ3n) is 3.67. The van der Waals surface area contributed by atoms with Crippen LogP contribution in [0.2, 0.25) is 0 Å². The van der Waals surface area contributed by atoms with Gasteiger partial charge in [-0.1, -0.05) is 0 Å². The van der Waals surface area contributed by atoms with Crippen LogP contribution in [0.25, 0.3) is 0 Å². The Balaban J connectivity index is 1.91. The molecule has 0 aliphatic carbocycles. The van der Waals surface area contributed by atoms with Crippen molar-refractivity contribution in [1.29, 1.82) is 0 Å². The molecule has 0 radical (unpaired) electrons. The van der Waals surface area contributed by atoms with Gasteiger partial charge in [-0.25, -0.2) is 8.78 Å². The van der Waals surface area contributed by atoms with Crippen LogP contribution < -0.4 is 11.1 Å². The number of rotatable bonds is 4. The lowest BCUT2D eigenvalue weighted by Crippen LogP contribution is -2.36. The Kier molecular flexibility index (Phi) is 4.67. The first-order chi connectivity index (χ1) is 9.49. The highest BCUT2D eigenvalue weighted by molar-refractivity contribution is 5.92. The lowest BCUT2D eigenvalue weighted by Gasteiger charge is -2.20. The number of halogens is 2. The van der Waals surface area contributed by atoms with Crippen LogP contribution >= 0.6 is 0 Å². The lowest BCUT2D eigenvalue weighted by atomic mass is 10.1. The van der Waals surface area contributed by atoms with Crippen molar-refractivity contribution in [2.45, 2.75) is 19.4 Å². The molecule has 3 N–H and O–H groups in total. The van der Waals surface area contributed by atoms with Gasteiger partial charge >= 0.3 is 0 Å². The number of nitrogens with zero attached hydrogens (tertiary/aromatic N) is 1. The van der Waals surface area contributed by atoms with E-state index in [1.54, 1.807) is 0 Å². The Labute approximate surface area is 116 Å². The highest BCUT2D eigenvalue weighted by atomic mass is 19.2. The van der Waals surface area contributed by atoms with Crippen LogP contribution in [0.3, 0.4) is 0 Å². The van der Waals surface area contributed by atoms with Crippen LogP contribution in [0, 0.1) is 17.6 Å². The number of nitrogens with two attached hydrogens (primary N) is 1. The largest absolute Gasteiger partial charge is 0.330 e. The molecule has 0 bridgehead atoms. The molecule has 20 heavy (non-hydrogen) atoms. The van der Waals surface area contributed by atoms with Gasteiger partial charge in [0.2, 0.25) is 5.91 Å². The summed E-state index contributed by atoms with van der Waals surface area (Å²) in [4.78, 5) is 14.0. The maximum absolute atomic E-state index is 13.0. The van der Waals surface area contributed by atoms with Gasteiger partial charge in [0, 0.05) is 24.3 Å². The van der Waals surface area contributed by atoms with Gasteiger partial charge in [-0.2, -0.15) is 0 Å². The molecular formula is C14H19F2N3O. The fourth-order valence-corrected chi connectivity index (χ4v) is 2.57. The fraction of sp³-hybridized carbons (Fsp3) is 0.500. The first-order valence-corrected chi connectivity index (χ1v) is 6.68. The SMILES string of the molecule is CC1CC(CN)CN1CC(=O)Nc1ccc(F)c(F)c1. The van der Waals surface area contributed by atoms with Gasteiger partial charge in [0.05, 0.1) is 6.54 Å². The second-order valence-electron chi connectivity index (χ2n) is 5.29. The van der Waals surface area contributed by atoms with Crippen molar-refractivity contribution in [3.8, 4) is 0 Å². The average Bonchev–Trinajstić information content (AvgIpc) is 2.74. The Hall–Kier alpha value is -1.53. The number of anilines is 1. The normalized spacial score (nSPS) is 23.0. The number of amides is 1. The van der Waals surface area contributed by atoms with Crippen molar-refractivity contribution in [3.05, 3.63) is 29.8 Å². The number of hydrogen-bond donors (Lipinski definition) is 2. The molecule has 1 aromatic rings. The molecule has 0 spiro atoms. The van der Waals surface area contributed by atoms with E-state index in [2.05, 4.69) is 12.2 Å². The predicted molar refractivity (Wildman–Crippen MR) is 73.2 cm³/mol. The molecule has 0 aromatic heterocycles. The van der Waals surface area contributed by atoms with Crippen LogP contribution in [0.15, 0.2) is 18.2 Å². The van der Waals surface area contributed by atoms with Crippen LogP contribution in [-0.2, 0) is 4.79 Å². The molecule has 110 valence electrons. The van der Waals surface area contributed by atoms with E-state index in [1.165, 1.54) is 6.07 Å². The number of nitrogens with one attached hydrogen (secondary N) is 1. The summed E-state index contributed by atoms with van der Waals surface area (Å²) < 4.78 is 25.8. The van der Waals surface area contributed by atoms with Gasteiger partial charge in [-0.15, -0.1) is 0 Å². The number of carbonyl (C=O) groups is 1. The van der Waals surface area contributed by atoms with Gasteiger partial charge < -0.3 is 11.1 Å². The molecule has 6 heteroatoms. The minimum atomic E-state index is -0.972. The van der Waals surface area contributed by atoms with Crippen molar-refractivity contribution >= 4 is 11.6 Å². The van der Waals surface area contributed by atoms with Crippen molar-refractivity contribution in [2.24, 2.45) is 11.7 Å². The summed E-state index contributed by atoms with van der Waals surface area (Å²) in [5.41, 5.74) is 5.90. The quantitative estimate of drug-likeness (QED) is 0.882. The molecule has 4 nitrogen and oxygen atoms in total. The van der Waals surface area contributed by atoms with Crippen molar-refractivity contribution < 1.29 is 13.6 Å². The van der Waals surface area contributed by atoms with Crippen LogP contribution in [0.5, 0.6) is 0 Å². The Morgan fingerprint density at radius 3 is 2.80 bits per heavy atom. The van der Waals surface area contributed by atoms with Gasteiger partial charge in [-0.3, -0.25) is 9.69 Å². The second kappa shape index (κ2) is 6.28. The monoisotopic (exact) mass is 283 g/mol. The smallest absolute Gasteiger partial charge is 0.238 e. The Morgan fingerprint density at radius 2 is 2.20 bits per heavy atom. The van der Waals surface area contributed by atoms with Crippen LogP contribution in [-0.4, -0.2) is 36.5 Å². The zero-order chi connectivity index (χ0) is 14.7. The van der Waals surface area contributed by atoms with Crippen LogP contribution in [0.1, 0.15) is 13.3 Å². The van der Waals surface area contributed by atoms with Gasteiger partial charge in [-0.05, 0) is 37.9 Å². The van der Waals surface area contributed by atoms with E-state index in [4.69, 9.17) is 5.73 Å². The minimum Gasteiger partial charge on any atom is -0.330 e. The molecule has 2 rings (SSSR count). The van der Waals surface area contributed by atoms with E-state index in [0.717, 1.165) is 25.1 Å². The van der Waals surface area contributed by atoms with Gasteiger partial charge in [0.25, 0.3) is 0 Å². The van der Waals surface area contributed by atoms with Crippen molar-refractivity contribution in [3.63, 3.8) is 0 Å². The molecule has 1 fully saturated rings. The first-order valence-electron chi connectivity index (χ1n) is 6.68. The number of carbonyl (C=O) groups excluding carboxylic acids is 1. The molecule has 1 saturated heterocycles. The van der Waals surface area contributed by atoms with E-state index >= 15 is 0 Å². The Bertz CT molecular complexity index is 495. The highest BCUT2D eigenvalue weighted by Gasteiger charge is 2.29. The predicted octanol–water partition coefficient (Wildman–Crippen LogP) is 1.57. The summed E-state index contributed by atoms with van der Waals surface area (Å²) in [6, 6.07) is 3.61. The van der Waals surface area contributed by atoms with Gasteiger partial charge in [0.1, 0.15) is 0 Å². The molecule has 1 aliphatic rings. The molecule has 1 aromatic carbocycles. The lowest BCUT2D eigenvalue weighted by molar-refractivity contribution is -0.117. The third-order valence-corrected chi connectivity index (χ3v) is 3.67. The number of likely N-dealkylation sites (tertiary alicyclic amines) is 1. The van der Waals surface area contributed by atoms with Crippen LogP contribution in [0.4, 0.5) is 14.5 Å². The molecule has 1 amide bonds. The summed E-state index contributed by atoms with van der Waals surface area (Å²) >= 11 is 0. The molecule has 2 unspecified atom stereocenters. The Morgan fingerprint density at radius 1 is 1.45 bits per heavy atom. The third kappa shape index (κ3) is 3.52.